The lowest BCUT2D eigenvalue weighted by Crippen LogP contribution is -1.92. The molecule has 0 radical (unpaired) electrons. The molecule has 0 fully saturated rings. The SMILES string of the molecule is Cc1ccc(Nc2ccc(-c3cc(-c4ccccc4)nc(-c4ccccc4)c3)cc2)cc1. The van der Waals surface area contributed by atoms with Crippen LogP contribution in [-0.2, 0) is 0 Å². The van der Waals surface area contributed by atoms with Crippen LogP contribution in [0.4, 0.5) is 11.4 Å². The van der Waals surface area contributed by atoms with Gasteiger partial charge in [-0.15, -0.1) is 0 Å². The zero-order valence-corrected chi connectivity index (χ0v) is 18.0. The monoisotopic (exact) mass is 412 g/mol. The largest absolute Gasteiger partial charge is 0.356 e. The van der Waals surface area contributed by atoms with Gasteiger partial charge in [0.05, 0.1) is 11.4 Å². The molecule has 1 heterocycles. The van der Waals surface area contributed by atoms with Crippen molar-refractivity contribution in [1.29, 1.82) is 0 Å². The fraction of sp³-hybridized carbons (Fsp3) is 0.0333. The summed E-state index contributed by atoms with van der Waals surface area (Å²) in [6.07, 6.45) is 0. The van der Waals surface area contributed by atoms with Gasteiger partial charge in [-0.05, 0) is 54.4 Å². The van der Waals surface area contributed by atoms with E-state index in [1.54, 1.807) is 0 Å². The molecule has 5 rings (SSSR count). The number of hydrogen-bond donors (Lipinski definition) is 1. The summed E-state index contributed by atoms with van der Waals surface area (Å²) in [6.45, 7) is 2.10. The number of nitrogens with one attached hydrogen (secondary N) is 1. The normalized spacial score (nSPS) is 10.7. The Hall–Kier alpha value is -4.17. The molecule has 0 aliphatic rings. The van der Waals surface area contributed by atoms with Crippen LogP contribution in [0, 0.1) is 6.92 Å². The molecule has 0 bridgehead atoms. The highest BCUT2D eigenvalue weighted by Crippen LogP contribution is 2.31. The fourth-order valence-corrected chi connectivity index (χ4v) is 3.76. The Morgan fingerprint density at radius 2 is 0.938 bits per heavy atom. The van der Waals surface area contributed by atoms with Gasteiger partial charge in [-0.2, -0.15) is 0 Å². The second kappa shape index (κ2) is 8.91. The van der Waals surface area contributed by atoms with Crippen LogP contribution in [-0.4, -0.2) is 4.98 Å². The van der Waals surface area contributed by atoms with Crippen LogP contribution < -0.4 is 5.32 Å². The van der Waals surface area contributed by atoms with Gasteiger partial charge in [0, 0.05) is 22.5 Å². The van der Waals surface area contributed by atoms with Crippen molar-refractivity contribution in [2.45, 2.75) is 6.92 Å². The third-order valence-corrected chi connectivity index (χ3v) is 5.52. The molecule has 0 unspecified atom stereocenters. The van der Waals surface area contributed by atoms with Gasteiger partial charge < -0.3 is 5.32 Å². The molecular weight excluding hydrogens is 388 g/mol. The number of pyridine rings is 1. The lowest BCUT2D eigenvalue weighted by atomic mass is 10.00. The third-order valence-electron chi connectivity index (χ3n) is 5.52. The van der Waals surface area contributed by atoms with Gasteiger partial charge in [-0.1, -0.05) is 90.5 Å². The van der Waals surface area contributed by atoms with Gasteiger partial charge in [0.1, 0.15) is 0 Å². The molecule has 1 aromatic heterocycles. The van der Waals surface area contributed by atoms with E-state index in [0.717, 1.165) is 45.0 Å². The van der Waals surface area contributed by atoms with Gasteiger partial charge in [-0.3, -0.25) is 0 Å². The molecule has 0 aliphatic heterocycles. The maximum Gasteiger partial charge on any atom is 0.0715 e. The Bertz CT molecular complexity index is 1250. The number of aromatic nitrogens is 1. The maximum atomic E-state index is 4.97. The number of aryl methyl sites for hydroxylation is 1. The average Bonchev–Trinajstić information content (AvgIpc) is 2.87. The van der Waals surface area contributed by atoms with E-state index < -0.39 is 0 Å². The maximum absolute atomic E-state index is 4.97. The second-order valence-electron chi connectivity index (χ2n) is 7.93. The van der Waals surface area contributed by atoms with E-state index in [4.69, 9.17) is 4.98 Å². The van der Waals surface area contributed by atoms with Crippen LogP contribution in [0.5, 0.6) is 0 Å². The zero-order valence-electron chi connectivity index (χ0n) is 18.0. The molecule has 154 valence electrons. The number of nitrogens with zero attached hydrogens (tertiary/aromatic N) is 1. The van der Waals surface area contributed by atoms with Crippen molar-refractivity contribution in [3.8, 4) is 33.6 Å². The smallest absolute Gasteiger partial charge is 0.0715 e. The van der Waals surface area contributed by atoms with Crippen LogP contribution >= 0.6 is 0 Å². The third kappa shape index (κ3) is 4.45. The van der Waals surface area contributed by atoms with Crippen LogP contribution in [0.25, 0.3) is 33.6 Å². The minimum Gasteiger partial charge on any atom is -0.356 e. The Balaban J connectivity index is 1.51. The molecule has 1 N–H and O–H groups in total. The van der Waals surface area contributed by atoms with Crippen LogP contribution in [0.2, 0.25) is 0 Å². The summed E-state index contributed by atoms with van der Waals surface area (Å²) < 4.78 is 0. The van der Waals surface area contributed by atoms with E-state index in [-0.39, 0.29) is 0 Å². The molecule has 0 aliphatic carbocycles. The molecular formula is C30H24N2. The van der Waals surface area contributed by atoms with Gasteiger partial charge in [0.2, 0.25) is 0 Å². The topological polar surface area (TPSA) is 24.9 Å². The predicted molar refractivity (Wildman–Crippen MR) is 135 cm³/mol. The zero-order chi connectivity index (χ0) is 21.8. The van der Waals surface area contributed by atoms with E-state index in [1.165, 1.54) is 5.56 Å². The first-order valence-electron chi connectivity index (χ1n) is 10.8. The number of anilines is 2. The number of benzene rings is 4. The van der Waals surface area contributed by atoms with Crippen molar-refractivity contribution in [1.82, 2.24) is 4.98 Å². The predicted octanol–water partition coefficient (Wildman–Crippen LogP) is 8.13. The van der Waals surface area contributed by atoms with Gasteiger partial charge in [0.25, 0.3) is 0 Å². The van der Waals surface area contributed by atoms with Crippen molar-refractivity contribution in [2.24, 2.45) is 0 Å². The van der Waals surface area contributed by atoms with Crippen LogP contribution in [0.3, 0.4) is 0 Å². The first kappa shape index (κ1) is 19.8. The summed E-state index contributed by atoms with van der Waals surface area (Å²) in [6, 6.07) is 42.1. The van der Waals surface area contributed by atoms with E-state index in [9.17, 15) is 0 Å². The molecule has 0 saturated heterocycles. The summed E-state index contributed by atoms with van der Waals surface area (Å²) in [4.78, 5) is 4.97. The fourth-order valence-electron chi connectivity index (χ4n) is 3.76. The molecule has 0 saturated carbocycles. The Morgan fingerprint density at radius 3 is 1.44 bits per heavy atom. The Labute approximate surface area is 189 Å². The highest BCUT2D eigenvalue weighted by Gasteiger charge is 2.09. The summed E-state index contributed by atoms with van der Waals surface area (Å²) in [7, 11) is 0. The van der Waals surface area contributed by atoms with E-state index in [2.05, 4.69) is 121 Å². The second-order valence-corrected chi connectivity index (χ2v) is 7.93. The van der Waals surface area contributed by atoms with Crippen molar-refractivity contribution < 1.29 is 0 Å². The molecule has 32 heavy (non-hydrogen) atoms. The first-order valence-corrected chi connectivity index (χ1v) is 10.8. The van der Waals surface area contributed by atoms with Crippen molar-refractivity contribution in [3.63, 3.8) is 0 Å². The van der Waals surface area contributed by atoms with Gasteiger partial charge in [-0.25, -0.2) is 4.98 Å². The lowest BCUT2D eigenvalue weighted by Gasteiger charge is -2.11. The first-order chi connectivity index (χ1) is 15.7. The van der Waals surface area contributed by atoms with Gasteiger partial charge in [0.15, 0.2) is 0 Å². The van der Waals surface area contributed by atoms with Crippen LogP contribution in [0.15, 0.2) is 121 Å². The highest BCUT2D eigenvalue weighted by molar-refractivity contribution is 5.77. The van der Waals surface area contributed by atoms with E-state index in [0.29, 0.717) is 0 Å². The Morgan fingerprint density at radius 1 is 0.469 bits per heavy atom. The standard InChI is InChI=1S/C30H24N2/c1-22-12-16-27(17-13-22)31-28-18-14-23(15-19-28)26-20-29(24-8-4-2-5-9-24)32-30(21-26)25-10-6-3-7-11-25/h2-21,31H,1H3. The van der Waals surface area contributed by atoms with Crippen LogP contribution in [0.1, 0.15) is 5.56 Å². The van der Waals surface area contributed by atoms with Crippen molar-refractivity contribution in [2.75, 3.05) is 5.32 Å². The van der Waals surface area contributed by atoms with Gasteiger partial charge >= 0.3 is 0 Å². The number of hydrogen-bond acceptors (Lipinski definition) is 2. The summed E-state index contributed by atoms with van der Waals surface area (Å²) >= 11 is 0. The van der Waals surface area contributed by atoms with Crippen molar-refractivity contribution >= 4 is 11.4 Å². The molecule has 0 atom stereocenters. The summed E-state index contributed by atoms with van der Waals surface area (Å²) in [5, 5.41) is 3.47. The summed E-state index contributed by atoms with van der Waals surface area (Å²) in [5.41, 5.74) is 9.91. The minimum absolute atomic E-state index is 0.976. The van der Waals surface area contributed by atoms with E-state index in [1.807, 2.05) is 12.1 Å². The molecule has 5 aromatic rings. The summed E-state index contributed by atoms with van der Waals surface area (Å²) in [5.74, 6) is 0. The molecule has 2 nitrogen and oxygen atoms in total. The molecule has 0 amide bonds. The molecule has 4 aromatic carbocycles. The quantitative estimate of drug-likeness (QED) is 0.315. The lowest BCUT2D eigenvalue weighted by molar-refractivity contribution is 1.32. The average molecular weight is 413 g/mol. The van der Waals surface area contributed by atoms with Crippen molar-refractivity contribution in [3.05, 3.63) is 127 Å². The molecule has 0 spiro atoms. The van der Waals surface area contributed by atoms with E-state index >= 15 is 0 Å². The Kier molecular flexibility index (Phi) is 5.50. The number of rotatable bonds is 5. The minimum atomic E-state index is 0.976. The highest BCUT2D eigenvalue weighted by atomic mass is 14.9. The molecule has 2 heteroatoms.